The third-order valence-corrected chi connectivity index (χ3v) is 4.71. The van der Waals surface area contributed by atoms with Gasteiger partial charge < -0.3 is 16.0 Å². The minimum atomic E-state index is -3.57. The molecule has 0 saturated heterocycles. The molecule has 1 atom stereocenters. The van der Waals surface area contributed by atoms with E-state index in [1.165, 1.54) is 26.2 Å². The summed E-state index contributed by atoms with van der Waals surface area (Å²) in [5.74, 6) is -0.377. The molecule has 1 aromatic rings. The van der Waals surface area contributed by atoms with Gasteiger partial charge in [0.2, 0.25) is 15.9 Å². The number of rotatable bonds is 5. The summed E-state index contributed by atoms with van der Waals surface area (Å²) in [4.78, 5) is 13.7. The summed E-state index contributed by atoms with van der Waals surface area (Å²) in [6.45, 7) is 1.56. The number of anilines is 2. The van der Waals surface area contributed by atoms with Crippen LogP contribution in [0.1, 0.15) is 6.92 Å². The van der Waals surface area contributed by atoms with Crippen LogP contribution in [0.15, 0.2) is 23.1 Å². The van der Waals surface area contributed by atoms with Gasteiger partial charge in [-0.05, 0) is 25.1 Å². The number of benzene rings is 1. The molecule has 0 heterocycles. The van der Waals surface area contributed by atoms with Crippen molar-refractivity contribution in [2.45, 2.75) is 17.9 Å². The highest BCUT2D eigenvalue weighted by atomic mass is 35.5. The largest absolute Gasteiger partial charge is 0.376 e. The first kappa shape index (κ1) is 20.6. The van der Waals surface area contributed by atoms with Gasteiger partial charge in [-0.15, -0.1) is 12.4 Å². The molecule has 1 amide bonds. The molecule has 0 aliphatic heterocycles. The minimum Gasteiger partial charge on any atom is -0.376 e. The van der Waals surface area contributed by atoms with E-state index in [1.807, 2.05) is 0 Å². The van der Waals surface area contributed by atoms with Gasteiger partial charge in [0.15, 0.2) is 0 Å². The van der Waals surface area contributed by atoms with Gasteiger partial charge in [0, 0.05) is 28.2 Å². The predicted molar refractivity (Wildman–Crippen MR) is 91.2 cm³/mol. The Morgan fingerprint density at radius 3 is 2.18 bits per heavy atom. The highest BCUT2D eigenvalue weighted by Crippen LogP contribution is 2.28. The minimum absolute atomic E-state index is 0. The predicted octanol–water partition coefficient (Wildman–Crippen LogP) is 0.710. The number of nitrogens with one attached hydrogen (secondary N) is 1. The summed E-state index contributed by atoms with van der Waals surface area (Å²) >= 11 is 0. The first-order valence-electron chi connectivity index (χ1n) is 6.37. The van der Waals surface area contributed by atoms with Crippen LogP contribution in [-0.4, -0.2) is 52.9 Å². The van der Waals surface area contributed by atoms with Gasteiger partial charge in [-0.25, -0.2) is 12.7 Å². The fourth-order valence-electron chi connectivity index (χ4n) is 1.62. The molecule has 9 heteroatoms. The van der Waals surface area contributed by atoms with Crippen molar-refractivity contribution in [1.82, 2.24) is 4.31 Å². The van der Waals surface area contributed by atoms with Crippen LogP contribution in [0.2, 0.25) is 0 Å². The Bertz CT molecular complexity index is 630. The Morgan fingerprint density at radius 1 is 1.23 bits per heavy atom. The van der Waals surface area contributed by atoms with Crippen LogP contribution >= 0.6 is 12.4 Å². The molecule has 126 valence electrons. The molecule has 0 fully saturated rings. The van der Waals surface area contributed by atoms with Gasteiger partial charge in [-0.3, -0.25) is 4.79 Å². The smallest absolute Gasteiger partial charge is 0.242 e. The zero-order valence-corrected chi connectivity index (χ0v) is 15.0. The highest BCUT2D eigenvalue weighted by molar-refractivity contribution is 7.89. The third kappa shape index (κ3) is 4.57. The second-order valence-electron chi connectivity index (χ2n) is 5.14. The lowest BCUT2D eigenvalue weighted by atomic mass is 10.2. The van der Waals surface area contributed by atoms with Crippen molar-refractivity contribution in [3.05, 3.63) is 18.2 Å². The van der Waals surface area contributed by atoms with Crippen LogP contribution in [0.4, 0.5) is 11.4 Å². The van der Waals surface area contributed by atoms with E-state index in [9.17, 15) is 13.2 Å². The van der Waals surface area contributed by atoms with Gasteiger partial charge in [0.25, 0.3) is 0 Å². The molecule has 0 aromatic heterocycles. The Hall–Kier alpha value is -1.35. The molecule has 0 spiro atoms. The summed E-state index contributed by atoms with van der Waals surface area (Å²) in [7, 11) is 2.95. The maximum Gasteiger partial charge on any atom is 0.242 e. The molecule has 0 aliphatic carbocycles. The van der Waals surface area contributed by atoms with Gasteiger partial charge in [0.05, 0.1) is 22.3 Å². The molecule has 3 N–H and O–H groups in total. The number of nitrogens with zero attached hydrogens (tertiary/aromatic N) is 2. The lowest BCUT2D eigenvalue weighted by Gasteiger charge is -2.20. The zero-order chi connectivity index (χ0) is 16.4. The van der Waals surface area contributed by atoms with E-state index in [-0.39, 0.29) is 23.2 Å². The zero-order valence-electron chi connectivity index (χ0n) is 13.3. The highest BCUT2D eigenvalue weighted by Gasteiger charge is 2.20. The van der Waals surface area contributed by atoms with E-state index >= 15 is 0 Å². The van der Waals surface area contributed by atoms with Crippen molar-refractivity contribution in [1.29, 1.82) is 0 Å². The number of hydrogen-bond donors (Lipinski definition) is 2. The van der Waals surface area contributed by atoms with Crippen LogP contribution in [0.5, 0.6) is 0 Å². The van der Waals surface area contributed by atoms with Gasteiger partial charge >= 0.3 is 0 Å². The quantitative estimate of drug-likeness (QED) is 0.815. The summed E-state index contributed by atoms with van der Waals surface area (Å²) < 4.78 is 25.4. The summed E-state index contributed by atoms with van der Waals surface area (Å²) in [5, 5.41) is 2.65. The van der Waals surface area contributed by atoms with E-state index < -0.39 is 16.1 Å². The molecule has 0 radical (unpaired) electrons. The van der Waals surface area contributed by atoms with Gasteiger partial charge in [-0.1, -0.05) is 0 Å². The Labute approximate surface area is 137 Å². The maximum absolute atomic E-state index is 12.2. The number of halogens is 1. The monoisotopic (exact) mass is 350 g/mol. The number of sulfonamides is 1. The van der Waals surface area contributed by atoms with Crippen molar-refractivity contribution in [3.63, 3.8) is 0 Å². The van der Waals surface area contributed by atoms with Crippen molar-refractivity contribution in [2.24, 2.45) is 5.73 Å². The van der Waals surface area contributed by atoms with Crippen molar-refractivity contribution >= 4 is 39.7 Å². The standard InChI is InChI=1S/C13H22N4O3S.ClH/c1-9(14)13(18)15-11-8-10(21(19,20)17(4)5)6-7-12(11)16(2)3;/h6-9H,14H2,1-5H3,(H,15,18);1H/t9-;/m0./s1. The molecular weight excluding hydrogens is 328 g/mol. The van der Waals surface area contributed by atoms with Gasteiger partial charge in [-0.2, -0.15) is 0 Å². The Kier molecular flexibility index (Phi) is 7.30. The molecule has 1 rings (SSSR count). The maximum atomic E-state index is 12.2. The summed E-state index contributed by atoms with van der Waals surface area (Å²) in [5.41, 5.74) is 6.63. The topological polar surface area (TPSA) is 95.7 Å². The van der Waals surface area contributed by atoms with E-state index in [4.69, 9.17) is 5.73 Å². The van der Waals surface area contributed by atoms with Crippen LogP contribution in [-0.2, 0) is 14.8 Å². The van der Waals surface area contributed by atoms with E-state index in [0.717, 1.165) is 4.31 Å². The lowest BCUT2D eigenvalue weighted by molar-refractivity contribution is -0.117. The number of hydrogen-bond acceptors (Lipinski definition) is 5. The molecule has 7 nitrogen and oxygen atoms in total. The lowest BCUT2D eigenvalue weighted by Crippen LogP contribution is -2.33. The van der Waals surface area contributed by atoms with Crippen LogP contribution in [0.3, 0.4) is 0 Å². The van der Waals surface area contributed by atoms with Crippen molar-refractivity contribution < 1.29 is 13.2 Å². The Balaban J connectivity index is 0.00000441. The van der Waals surface area contributed by atoms with Crippen molar-refractivity contribution in [3.8, 4) is 0 Å². The van der Waals surface area contributed by atoms with Crippen LogP contribution in [0, 0.1) is 0 Å². The SMILES string of the molecule is C[C@H](N)C(=O)Nc1cc(S(=O)(=O)N(C)C)ccc1N(C)C.Cl. The third-order valence-electron chi connectivity index (χ3n) is 2.90. The van der Waals surface area contributed by atoms with Crippen LogP contribution in [0.25, 0.3) is 0 Å². The van der Waals surface area contributed by atoms with E-state index in [0.29, 0.717) is 11.4 Å². The average Bonchev–Trinajstić information content (AvgIpc) is 2.37. The van der Waals surface area contributed by atoms with Crippen molar-refractivity contribution in [2.75, 3.05) is 38.4 Å². The first-order valence-corrected chi connectivity index (χ1v) is 7.81. The second kappa shape index (κ2) is 7.77. The number of carbonyl (C=O) groups excluding carboxylic acids is 1. The average molecular weight is 351 g/mol. The molecule has 22 heavy (non-hydrogen) atoms. The normalized spacial score (nSPS) is 12.5. The molecule has 0 unspecified atom stereocenters. The van der Waals surface area contributed by atoms with Gasteiger partial charge in [0.1, 0.15) is 0 Å². The fraction of sp³-hybridized carbons (Fsp3) is 0.462. The van der Waals surface area contributed by atoms with Crippen LogP contribution < -0.4 is 16.0 Å². The second-order valence-corrected chi connectivity index (χ2v) is 7.29. The number of carbonyl (C=O) groups is 1. The first-order chi connectivity index (χ1) is 9.57. The molecular formula is C13H23ClN4O3S. The van der Waals surface area contributed by atoms with E-state index in [1.54, 1.807) is 32.0 Å². The number of amides is 1. The van der Waals surface area contributed by atoms with E-state index in [2.05, 4.69) is 5.32 Å². The fourth-order valence-corrected chi connectivity index (χ4v) is 2.55. The summed E-state index contributed by atoms with van der Waals surface area (Å²) in [6, 6.07) is 3.90. The molecule has 1 aromatic carbocycles. The number of nitrogens with two attached hydrogens (primary N) is 1. The molecule has 0 aliphatic rings. The summed E-state index contributed by atoms with van der Waals surface area (Å²) in [6.07, 6.45) is 0. The Morgan fingerprint density at radius 2 is 1.77 bits per heavy atom. The molecule has 0 saturated carbocycles. The molecule has 0 bridgehead atoms.